The predicted octanol–water partition coefficient (Wildman–Crippen LogP) is 3.94. The number of carbonyl (C=O) groups is 1. The van der Waals surface area contributed by atoms with E-state index in [1.165, 1.54) is 0 Å². The minimum atomic E-state index is -0.116. The normalized spacial score (nSPS) is 13.7. The van der Waals surface area contributed by atoms with Gasteiger partial charge in [0.1, 0.15) is 5.82 Å². The summed E-state index contributed by atoms with van der Waals surface area (Å²) in [5.74, 6) is 0.449. The SMILES string of the molecule is CCN(C(=O)c1ccc2nc(N)c3c(c2c1)COC3)C(C)c1ccc(C#N)cc1. The third-order valence-electron chi connectivity index (χ3n) is 5.57. The van der Waals surface area contributed by atoms with Gasteiger partial charge in [-0.2, -0.15) is 5.26 Å². The lowest BCUT2D eigenvalue weighted by atomic mass is 10.0. The Balaban J connectivity index is 1.69. The molecule has 6 heteroatoms. The van der Waals surface area contributed by atoms with E-state index >= 15 is 0 Å². The fourth-order valence-corrected chi connectivity index (χ4v) is 3.88. The largest absolute Gasteiger partial charge is 0.383 e. The molecule has 2 heterocycles. The third kappa shape index (κ3) is 3.30. The number of nitrogen functional groups attached to an aromatic ring is 1. The molecule has 0 bridgehead atoms. The number of pyridine rings is 1. The fraction of sp³-hybridized carbons (Fsp3) is 0.261. The van der Waals surface area contributed by atoms with Crippen LogP contribution in [0.25, 0.3) is 10.9 Å². The number of hydrogen-bond acceptors (Lipinski definition) is 5. The Kier molecular flexibility index (Phi) is 4.91. The van der Waals surface area contributed by atoms with Crippen LogP contribution < -0.4 is 5.73 Å². The highest BCUT2D eigenvalue weighted by molar-refractivity contribution is 5.99. The van der Waals surface area contributed by atoms with E-state index in [0.717, 1.165) is 27.6 Å². The van der Waals surface area contributed by atoms with Gasteiger partial charge in [0, 0.05) is 23.1 Å². The van der Waals surface area contributed by atoms with Crippen LogP contribution in [-0.4, -0.2) is 22.3 Å². The summed E-state index contributed by atoms with van der Waals surface area (Å²) in [5, 5.41) is 9.91. The molecule has 0 saturated heterocycles. The average molecular weight is 386 g/mol. The zero-order valence-electron chi connectivity index (χ0n) is 16.5. The lowest BCUT2D eigenvalue weighted by molar-refractivity contribution is 0.0702. The summed E-state index contributed by atoms with van der Waals surface area (Å²) in [6.07, 6.45) is 0. The Bertz CT molecular complexity index is 1130. The van der Waals surface area contributed by atoms with Crippen molar-refractivity contribution in [2.24, 2.45) is 0 Å². The summed E-state index contributed by atoms with van der Waals surface area (Å²) in [6, 6.07) is 14.9. The molecular weight excluding hydrogens is 364 g/mol. The van der Waals surface area contributed by atoms with Crippen LogP contribution in [0.15, 0.2) is 42.5 Å². The van der Waals surface area contributed by atoms with Crippen LogP contribution in [-0.2, 0) is 18.0 Å². The minimum Gasteiger partial charge on any atom is -0.383 e. The first-order chi connectivity index (χ1) is 14.0. The van der Waals surface area contributed by atoms with E-state index < -0.39 is 0 Å². The third-order valence-corrected chi connectivity index (χ3v) is 5.57. The van der Waals surface area contributed by atoms with Gasteiger partial charge in [0.15, 0.2) is 0 Å². The van der Waals surface area contributed by atoms with E-state index in [4.69, 9.17) is 15.7 Å². The molecule has 0 radical (unpaired) electrons. The predicted molar refractivity (Wildman–Crippen MR) is 111 cm³/mol. The average Bonchev–Trinajstić information content (AvgIpc) is 3.25. The first-order valence-electron chi connectivity index (χ1n) is 9.63. The van der Waals surface area contributed by atoms with Gasteiger partial charge >= 0.3 is 0 Å². The van der Waals surface area contributed by atoms with Crippen molar-refractivity contribution >= 4 is 22.6 Å². The highest BCUT2D eigenvalue weighted by atomic mass is 16.5. The lowest BCUT2D eigenvalue weighted by Gasteiger charge is -2.28. The topological polar surface area (TPSA) is 92.2 Å². The van der Waals surface area contributed by atoms with E-state index in [-0.39, 0.29) is 11.9 Å². The smallest absolute Gasteiger partial charge is 0.254 e. The van der Waals surface area contributed by atoms with Crippen LogP contribution in [0.2, 0.25) is 0 Å². The van der Waals surface area contributed by atoms with Gasteiger partial charge in [-0.15, -0.1) is 0 Å². The van der Waals surface area contributed by atoms with E-state index in [9.17, 15) is 4.79 Å². The fourth-order valence-electron chi connectivity index (χ4n) is 3.88. The van der Waals surface area contributed by atoms with Gasteiger partial charge in [-0.05, 0) is 55.3 Å². The van der Waals surface area contributed by atoms with Gasteiger partial charge in [-0.1, -0.05) is 12.1 Å². The highest BCUT2D eigenvalue weighted by Crippen LogP contribution is 2.32. The zero-order chi connectivity index (χ0) is 20.5. The standard InChI is InChI=1S/C23H22N4O2/c1-3-27(14(2)16-6-4-15(11-24)5-7-16)23(28)17-8-9-21-18(10-17)19-12-29-13-20(19)22(25)26-21/h4-10,14H,3,12-13H2,1-2H3,(H2,25,26). The number of hydrogen-bond donors (Lipinski definition) is 1. The van der Waals surface area contributed by atoms with Crippen LogP contribution in [0.4, 0.5) is 5.82 Å². The number of nitrogens with zero attached hydrogens (tertiary/aromatic N) is 3. The molecule has 1 aliphatic rings. The number of amides is 1. The summed E-state index contributed by atoms with van der Waals surface area (Å²) < 4.78 is 5.55. The molecular formula is C23H22N4O2. The van der Waals surface area contributed by atoms with Crippen molar-refractivity contribution < 1.29 is 9.53 Å². The maximum absolute atomic E-state index is 13.3. The summed E-state index contributed by atoms with van der Waals surface area (Å²) in [4.78, 5) is 19.6. The van der Waals surface area contributed by atoms with Gasteiger partial charge in [-0.3, -0.25) is 4.79 Å². The summed E-state index contributed by atoms with van der Waals surface area (Å²) >= 11 is 0. The monoisotopic (exact) mass is 386 g/mol. The Morgan fingerprint density at radius 1 is 1.24 bits per heavy atom. The second kappa shape index (κ2) is 7.53. The van der Waals surface area contributed by atoms with Gasteiger partial charge < -0.3 is 15.4 Å². The second-order valence-corrected chi connectivity index (χ2v) is 7.18. The second-order valence-electron chi connectivity index (χ2n) is 7.18. The summed E-state index contributed by atoms with van der Waals surface area (Å²) in [6.45, 7) is 5.47. The Labute approximate surface area is 169 Å². The Morgan fingerprint density at radius 3 is 2.66 bits per heavy atom. The lowest BCUT2D eigenvalue weighted by Crippen LogP contribution is -2.33. The van der Waals surface area contributed by atoms with Crippen molar-refractivity contribution in [2.75, 3.05) is 12.3 Å². The number of anilines is 1. The van der Waals surface area contributed by atoms with Gasteiger partial charge in [0.2, 0.25) is 0 Å². The number of nitrogens with two attached hydrogens (primary N) is 1. The molecule has 146 valence electrons. The number of benzene rings is 2. The molecule has 0 aliphatic carbocycles. The number of carbonyl (C=O) groups excluding carboxylic acids is 1. The van der Waals surface area contributed by atoms with Gasteiger partial charge in [-0.25, -0.2) is 4.98 Å². The van der Waals surface area contributed by atoms with Gasteiger partial charge in [0.05, 0.1) is 36.4 Å². The number of fused-ring (bicyclic) bond motifs is 3. The number of nitriles is 1. The van der Waals surface area contributed by atoms with Crippen molar-refractivity contribution in [1.82, 2.24) is 9.88 Å². The maximum Gasteiger partial charge on any atom is 0.254 e. The number of aromatic nitrogens is 1. The molecule has 1 atom stereocenters. The van der Waals surface area contributed by atoms with Crippen LogP contribution in [0.5, 0.6) is 0 Å². The summed E-state index contributed by atoms with van der Waals surface area (Å²) in [5.41, 5.74) is 11.0. The Morgan fingerprint density at radius 2 is 1.97 bits per heavy atom. The van der Waals surface area contributed by atoms with Crippen LogP contribution in [0.3, 0.4) is 0 Å². The molecule has 1 amide bonds. The van der Waals surface area contributed by atoms with Crippen LogP contribution >= 0.6 is 0 Å². The molecule has 1 unspecified atom stereocenters. The first kappa shape index (κ1) is 18.9. The van der Waals surface area contributed by atoms with Crippen LogP contribution in [0.1, 0.15) is 52.5 Å². The number of ether oxygens (including phenoxy) is 1. The molecule has 6 nitrogen and oxygen atoms in total. The molecule has 0 spiro atoms. The van der Waals surface area contributed by atoms with Crippen molar-refractivity contribution in [1.29, 1.82) is 5.26 Å². The van der Waals surface area contributed by atoms with E-state index in [1.807, 2.05) is 43.0 Å². The van der Waals surface area contributed by atoms with Crippen molar-refractivity contribution in [3.8, 4) is 6.07 Å². The molecule has 4 rings (SSSR count). The van der Waals surface area contributed by atoms with E-state index in [0.29, 0.717) is 36.7 Å². The molecule has 3 aromatic rings. The summed E-state index contributed by atoms with van der Waals surface area (Å²) in [7, 11) is 0. The minimum absolute atomic E-state index is 0.0456. The van der Waals surface area contributed by atoms with E-state index in [1.54, 1.807) is 18.2 Å². The first-order valence-corrected chi connectivity index (χ1v) is 9.63. The zero-order valence-corrected chi connectivity index (χ0v) is 16.5. The quantitative estimate of drug-likeness (QED) is 0.733. The molecule has 0 fully saturated rings. The molecule has 0 saturated carbocycles. The number of rotatable bonds is 4. The van der Waals surface area contributed by atoms with E-state index in [2.05, 4.69) is 11.1 Å². The van der Waals surface area contributed by atoms with Crippen molar-refractivity contribution in [3.05, 3.63) is 70.3 Å². The highest BCUT2D eigenvalue weighted by Gasteiger charge is 2.24. The van der Waals surface area contributed by atoms with Gasteiger partial charge in [0.25, 0.3) is 5.91 Å². The molecule has 29 heavy (non-hydrogen) atoms. The van der Waals surface area contributed by atoms with Crippen LogP contribution in [0, 0.1) is 11.3 Å². The van der Waals surface area contributed by atoms with Crippen molar-refractivity contribution in [2.45, 2.75) is 33.1 Å². The molecule has 2 aromatic carbocycles. The Hall–Kier alpha value is -3.43. The van der Waals surface area contributed by atoms with Crippen molar-refractivity contribution in [3.63, 3.8) is 0 Å². The maximum atomic E-state index is 13.3. The molecule has 2 N–H and O–H groups in total. The molecule has 1 aliphatic heterocycles. The molecule has 1 aromatic heterocycles.